The molecule has 2 rings (SSSR count). The van der Waals surface area contributed by atoms with Crippen LogP contribution in [-0.2, 0) is 0 Å². The number of amides is 2. The summed E-state index contributed by atoms with van der Waals surface area (Å²) in [6.45, 7) is 2.72. The van der Waals surface area contributed by atoms with Gasteiger partial charge in [-0.15, -0.1) is 0 Å². The second kappa shape index (κ2) is 7.34. The summed E-state index contributed by atoms with van der Waals surface area (Å²) in [5.41, 5.74) is 2.15. The first kappa shape index (κ1) is 14.1. The molecule has 2 aromatic rings. The van der Waals surface area contributed by atoms with Crippen LogP contribution in [0.1, 0.15) is 30.5 Å². The van der Waals surface area contributed by atoms with Gasteiger partial charge in [0, 0.05) is 6.54 Å². The fourth-order valence-electron chi connectivity index (χ4n) is 2.07. The summed E-state index contributed by atoms with van der Waals surface area (Å²) in [6, 6.07) is 19.7. The minimum atomic E-state index is -0.135. The predicted octanol–water partition coefficient (Wildman–Crippen LogP) is 3.49. The molecule has 0 saturated heterocycles. The van der Waals surface area contributed by atoms with Gasteiger partial charge in [-0.1, -0.05) is 67.6 Å². The molecule has 2 aromatic carbocycles. The largest absolute Gasteiger partial charge is 0.338 e. The molecule has 20 heavy (non-hydrogen) atoms. The van der Waals surface area contributed by atoms with Crippen molar-refractivity contribution in [2.75, 3.05) is 6.54 Å². The van der Waals surface area contributed by atoms with E-state index < -0.39 is 0 Å². The predicted molar refractivity (Wildman–Crippen MR) is 81.6 cm³/mol. The minimum Gasteiger partial charge on any atom is -0.338 e. The molecule has 3 nitrogen and oxygen atoms in total. The van der Waals surface area contributed by atoms with Gasteiger partial charge in [0.2, 0.25) is 0 Å². The van der Waals surface area contributed by atoms with Gasteiger partial charge < -0.3 is 10.6 Å². The van der Waals surface area contributed by atoms with Crippen LogP contribution in [-0.4, -0.2) is 12.6 Å². The Labute approximate surface area is 120 Å². The summed E-state index contributed by atoms with van der Waals surface area (Å²) >= 11 is 0. The van der Waals surface area contributed by atoms with Crippen LogP contribution in [0.25, 0.3) is 0 Å². The van der Waals surface area contributed by atoms with Crippen LogP contribution in [0.2, 0.25) is 0 Å². The van der Waals surface area contributed by atoms with Crippen LogP contribution in [0.15, 0.2) is 60.7 Å². The first-order valence-corrected chi connectivity index (χ1v) is 6.95. The van der Waals surface area contributed by atoms with Gasteiger partial charge in [0.15, 0.2) is 0 Å². The quantitative estimate of drug-likeness (QED) is 0.856. The van der Waals surface area contributed by atoms with Gasteiger partial charge in [0.05, 0.1) is 6.04 Å². The number of carbonyl (C=O) groups is 1. The van der Waals surface area contributed by atoms with E-state index in [-0.39, 0.29) is 12.1 Å². The number of urea groups is 1. The summed E-state index contributed by atoms with van der Waals surface area (Å²) in [4.78, 5) is 11.9. The average molecular weight is 268 g/mol. The molecule has 0 aliphatic carbocycles. The van der Waals surface area contributed by atoms with E-state index >= 15 is 0 Å². The molecular weight excluding hydrogens is 248 g/mol. The third kappa shape index (κ3) is 3.85. The summed E-state index contributed by atoms with van der Waals surface area (Å²) in [5.74, 6) is 0. The van der Waals surface area contributed by atoms with Gasteiger partial charge >= 0.3 is 6.03 Å². The van der Waals surface area contributed by atoms with E-state index in [2.05, 4.69) is 10.6 Å². The maximum absolute atomic E-state index is 11.9. The molecule has 0 saturated carbocycles. The van der Waals surface area contributed by atoms with Crippen molar-refractivity contribution in [2.45, 2.75) is 19.4 Å². The number of hydrogen-bond donors (Lipinski definition) is 2. The van der Waals surface area contributed by atoms with Gasteiger partial charge in [-0.2, -0.15) is 0 Å². The van der Waals surface area contributed by atoms with Crippen LogP contribution in [0.3, 0.4) is 0 Å². The summed E-state index contributed by atoms with van der Waals surface area (Å²) in [6.07, 6.45) is 0.925. The van der Waals surface area contributed by atoms with Gasteiger partial charge in [-0.3, -0.25) is 0 Å². The Morgan fingerprint density at radius 1 is 0.950 bits per heavy atom. The van der Waals surface area contributed by atoms with Gasteiger partial charge in [0.1, 0.15) is 0 Å². The van der Waals surface area contributed by atoms with E-state index in [1.54, 1.807) is 0 Å². The molecule has 0 aliphatic heterocycles. The third-order valence-corrected chi connectivity index (χ3v) is 3.08. The highest BCUT2D eigenvalue weighted by Gasteiger charge is 2.15. The number of hydrogen-bond acceptors (Lipinski definition) is 1. The van der Waals surface area contributed by atoms with E-state index in [1.165, 1.54) is 0 Å². The first-order valence-electron chi connectivity index (χ1n) is 6.95. The van der Waals surface area contributed by atoms with Crippen LogP contribution >= 0.6 is 0 Å². The molecule has 0 aliphatic rings. The maximum Gasteiger partial charge on any atom is 0.315 e. The molecule has 2 amide bonds. The van der Waals surface area contributed by atoms with Crippen molar-refractivity contribution in [2.24, 2.45) is 0 Å². The zero-order valence-corrected chi connectivity index (χ0v) is 11.7. The van der Waals surface area contributed by atoms with Crippen molar-refractivity contribution in [3.8, 4) is 0 Å². The van der Waals surface area contributed by atoms with E-state index in [1.807, 2.05) is 67.6 Å². The van der Waals surface area contributed by atoms with Crippen molar-refractivity contribution in [1.82, 2.24) is 10.6 Å². The lowest BCUT2D eigenvalue weighted by Gasteiger charge is -2.20. The zero-order valence-electron chi connectivity index (χ0n) is 11.7. The standard InChI is InChI=1S/C17H20N2O/c1-2-13-18-17(20)19-16(14-9-5-3-6-10-14)15-11-7-4-8-12-15/h3-12,16H,2,13H2,1H3,(H2,18,19,20). The summed E-state index contributed by atoms with van der Waals surface area (Å²) in [7, 11) is 0. The smallest absolute Gasteiger partial charge is 0.315 e. The van der Waals surface area contributed by atoms with Crippen LogP contribution in [0.4, 0.5) is 4.79 Å². The average Bonchev–Trinajstić information content (AvgIpc) is 2.52. The van der Waals surface area contributed by atoms with E-state index in [0.717, 1.165) is 17.5 Å². The van der Waals surface area contributed by atoms with E-state index in [4.69, 9.17) is 0 Å². The fourth-order valence-corrected chi connectivity index (χ4v) is 2.07. The van der Waals surface area contributed by atoms with Gasteiger partial charge in [-0.05, 0) is 17.5 Å². The molecule has 0 atom stereocenters. The number of carbonyl (C=O) groups excluding carboxylic acids is 1. The Bertz CT molecular complexity index is 486. The van der Waals surface area contributed by atoms with Crippen LogP contribution in [0, 0.1) is 0 Å². The van der Waals surface area contributed by atoms with Crippen molar-refractivity contribution in [3.63, 3.8) is 0 Å². The maximum atomic E-state index is 11.9. The number of benzene rings is 2. The van der Waals surface area contributed by atoms with Crippen LogP contribution in [0.5, 0.6) is 0 Å². The summed E-state index contributed by atoms with van der Waals surface area (Å²) in [5, 5.41) is 5.89. The highest BCUT2D eigenvalue weighted by Crippen LogP contribution is 2.21. The second-order valence-electron chi connectivity index (χ2n) is 4.65. The van der Waals surface area contributed by atoms with Gasteiger partial charge in [0.25, 0.3) is 0 Å². The molecular formula is C17H20N2O. The Kier molecular flexibility index (Phi) is 5.18. The molecule has 0 spiro atoms. The highest BCUT2D eigenvalue weighted by atomic mass is 16.2. The minimum absolute atomic E-state index is 0.130. The lowest BCUT2D eigenvalue weighted by Crippen LogP contribution is -2.38. The molecule has 0 fully saturated rings. The molecule has 104 valence electrons. The molecule has 0 unspecified atom stereocenters. The zero-order chi connectivity index (χ0) is 14.2. The SMILES string of the molecule is CCCNC(=O)NC(c1ccccc1)c1ccccc1. The number of rotatable bonds is 5. The second-order valence-corrected chi connectivity index (χ2v) is 4.65. The Morgan fingerprint density at radius 2 is 1.45 bits per heavy atom. The summed E-state index contributed by atoms with van der Waals surface area (Å²) < 4.78 is 0. The van der Waals surface area contributed by atoms with E-state index in [9.17, 15) is 4.79 Å². The lowest BCUT2D eigenvalue weighted by molar-refractivity contribution is 0.238. The Hall–Kier alpha value is -2.29. The molecule has 3 heteroatoms. The van der Waals surface area contributed by atoms with E-state index in [0.29, 0.717) is 6.54 Å². The first-order chi connectivity index (χ1) is 9.81. The third-order valence-electron chi connectivity index (χ3n) is 3.08. The lowest BCUT2D eigenvalue weighted by atomic mass is 9.99. The van der Waals surface area contributed by atoms with Crippen molar-refractivity contribution >= 4 is 6.03 Å². The van der Waals surface area contributed by atoms with Crippen molar-refractivity contribution in [1.29, 1.82) is 0 Å². The van der Waals surface area contributed by atoms with Gasteiger partial charge in [-0.25, -0.2) is 4.79 Å². The molecule has 2 N–H and O–H groups in total. The molecule has 0 bridgehead atoms. The van der Waals surface area contributed by atoms with Crippen molar-refractivity contribution in [3.05, 3.63) is 71.8 Å². The normalized spacial score (nSPS) is 10.3. The topological polar surface area (TPSA) is 41.1 Å². The van der Waals surface area contributed by atoms with Crippen LogP contribution < -0.4 is 10.6 Å². The Balaban J connectivity index is 2.19. The van der Waals surface area contributed by atoms with Crippen molar-refractivity contribution < 1.29 is 4.79 Å². The Morgan fingerprint density at radius 3 is 1.90 bits per heavy atom. The molecule has 0 heterocycles. The monoisotopic (exact) mass is 268 g/mol. The fraction of sp³-hybridized carbons (Fsp3) is 0.235. The number of nitrogens with one attached hydrogen (secondary N) is 2. The molecule has 0 aromatic heterocycles. The highest BCUT2D eigenvalue weighted by molar-refractivity contribution is 5.75. The molecule has 0 radical (unpaired) electrons.